The minimum atomic E-state index is -0.0665. The maximum Gasteiger partial charge on any atom is 0.270 e. The highest BCUT2D eigenvalue weighted by Crippen LogP contribution is 2.19. The maximum atomic E-state index is 12.8. The SMILES string of the molecule is COCc1nnc2n1CCC(NC(=O)c1c(C)nc3sccn13)CC2. The van der Waals surface area contributed by atoms with Crippen LogP contribution in [0.15, 0.2) is 11.6 Å². The van der Waals surface area contributed by atoms with E-state index in [0.717, 1.165) is 48.1 Å². The molecule has 1 aliphatic rings. The van der Waals surface area contributed by atoms with Gasteiger partial charge in [-0.3, -0.25) is 9.20 Å². The van der Waals surface area contributed by atoms with Crippen molar-refractivity contribution < 1.29 is 9.53 Å². The van der Waals surface area contributed by atoms with Crippen molar-refractivity contribution in [3.8, 4) is 0 Å². The molecule has 0 saturated carbocycles. The number of thiazole rings is 1. The average Bonchev–Trinajstić information content (AvgIpc) is 3.21. The summed E-state index contributed by atoms with van der Waals surface area (Å²) in [5.41, 5.74) is 1.39. The van der Waals surface area contributed by atoms with Gasteiger partial charge >= 0.3 is 0 Å². The quantitative estimate of drug-likeness (QED) is 0.763. The van der Waals surface area contributed by atoms with Crippen molar-refractivity contribution in [3.63, 3.8) is 0 Å². The lowest BCUT2D eigenvalue weighted by atomic mass is 10.1. The summed E-state index contributed by atoms with van der Waals surface area (Å²) in [5, 5.41) is 13.6. The summed E-state index contributed by atoms with van der Waals surface area (Å²) in [7, 11) is 1.65. The third-order valence-corrected chi connectivity index (χ3v) is 5.34. The van der Waals surface area contributed by atoms with Crippen molar-refractivity contribution in [1.82, 2.24) is 29.5 Å². The lowest BCUT2D eigenvalue weighted by molar-refractivity contribution is 0.0926. The molecule has 8 nitrogen and oxygen atoms in total. The second-order valence-corrected chi connectivity index (χ2v) is 7.09. The fraction of sp³-hybridized carbons (Fsp3) is 0.500. The van der Waals surface area contributed by atoms with Crippen LogP contribution in [0.4, 0.5) is 0 Å². The first-order valence-corrected chi connectivity index (χ1v) is 9.18. The third kappa shape index (κ3) is 2.93. The zero-order chi connectivity index (χ0) is 17.4. The molecule has 0 radical (unpaired) electrons. The Balaban J connectivity index is 1.48. The lowest BCUT2D eigenvalue weighted by Gasteiger charge is -2.16. The van der Waals surface area contributed by atoms with Gasteiger partial charge in [0.25, 0.3) is 5.91 Å². The Morgan fingerprint density at radius 2 is 2.32 bits per heavy atom. The van der Waals surface area contributed by atoms with Gasteiger partial charge in [-0.25, -0.2) is 4.98 Å². The first-order valence-electron chi connectivity index (χ1n) is 8.30. The van der Waals surface area contributed by atoms with E-state index in [-0.39, 0.29) is 11.9 Å². The molecule has 3 aromatic heterocycles. The van der Waals surface area contributed by atoms with E-state index in [1.807, 2.05) is 22.9 Å². The Kier molecular flexibility index (Phi) is 4.26. The molecular formula is C16H20N6O2S. The van der Waals surface area contributed by atoms with Gasteiger partial charge in [0.15, 0.2) is 10.8 Å². The molecule has 1 atom stereocenters. The number of methoxy groups -OCH3 is 1. The molecule has 0 saturated heterocycles. The molecule has 9 heteroatoms. The number of imidazole rings is 1. The number of aryl methyl sites for hydroxylation is 2. The van der Waals surface area contributed by atoms with Crippen molar-refractivity contribution in [2.45, 2.75) is 45.4 Å². The van der Waals surface area contributed by atoms with Crippen LogP contribution in [0, 0.1) is 6.92 Å². The minimum absolute atomic E-state index is 0.0665. The Labute approximate surface area is 148 Å². The highest BCUT2D eigenvalue weighted by molar-refractivity contribution is 7.15. The number of hydrogen-bond donors (Lipinski definition) is 1. The zero-order valence-electron chi connectivity index (χ0n) is 14.2. The zero-order valence-corrected chi connectivity index (χ0v) is 15.0. The number of ether oxygens (including phenoxy) is 1. The van der Waals surface area contributed by atoms with Crippen molar-refractivity contribution in [1.29, 1.82) is 0 Å². The molecular weight excluding hydrogens is 340 g/mol. The van der Waals surface area contributed by atoms with E-state index in [1.54, 1.807) is 7.11 Å². The van der Waals surface area contributed by atoms with Gasteiger partial charge in [0.2, 0.25) is 0 Å². The number of amides is 1. The van der Waals surface area contributed by atoms with E-state index in [1.165, 1.54) is 11.3 Å². The molecule has 25 heavy (non-hydrogen) atoms. The first-order chi connectivity index (χ1) is 12.2. The summed E-state index contributed by atoms with van der Waals surface area (Å²) in [5.74, 6) is 1.74. The van der Waals surface area contributed by atoms with Crippen LogP contribution in [-0.4, -0.2) is 43.2 Å². The average molecular weight is 360 g/mol. The molecule has 0 bridgehead atoms. The number of nitrogens with one attached hydrogen (secondary N) is 1. The molecule has 1 N–H and O–H groups in total. The van der Waals surface area contributed by atoms with Crippen molar-refractivity contribution in [3.05, 3.63) is 34.6 Å². The molecule has 0 spiro atoms. The van der Waals surface area contributed by atoms with Crippen LogP contribution in [0.25, 0.3) is 4.96 Å². The summed E-state index contributed by atoms with van der Waals surface area (Å²) in [6.07, 6.45) is 4.38. The van der Waals surface area contributed by atoms with E-state index in [0.29, 0.717) is 12.3 Å². The predicted molar refractivity (Wildman–Crippen MR) is 92.7 cm³/mol. The van der Waals surface area contributed by atoms with Gasteiger partial charge in [-0.2, -0.15) is 0 Å². The molecule has 0 aromatic carbocycles. The topological polar surface area (TPSA) is 86.3 Å². The lowest BCUT2D eigenvalue weighted by Crippen LogP contribution is -2.36. The fourth-order valence-corrected chi connectivity index (χ4v) is 4.11. The molecule has 1 aliphatic heterocycles. The molecule has 3 aromatic rings. The van der Waals surface area contributed by atoms with Crippen LogP contribution in [0.3, 0.4) is 0 Å². The summed E-state index contributed by atoms with van der Waals surface area (Å²) in [6.45, 7) is 3.11. The van der Waals surface area contributed by atoms with Crippen LogP contribution < -0.4 is 5.32 Å². The second kappa shape index (κ2) is 6.57. The smallest absolute Gasteiger partial charge is 0.270 e. The number of nitrogens with zero attached hydrogens (tertiary/aromatic N) is 5. The number of carbonyl (C=O) groups is 1. The van der Waals surface area contributed by atoms with Crippen LogP contribution in [0.5, 0.6) is 0 Å². The number of rotatable bonds is 4. The maximum absolute atomic E-state index is 12.8. The van der Waals surface area contributed by atoms with Gasteiger partial charge in [0.05, 0.1) is 5.69 Å². The van der Waals surface area contributed by atoms with Crippen LogP contribution in [0.2, 0.25) is 0 Å². The highest BCUT2D eigenvalue weighted by Gasteiger charge is 2.24. The van der Waals surface area contributed by atoms with Gasteiger partial charge in [0.1, 0.15) is 18.1 Å². The largest absolute Gasteiger partial charge is 0.377 e. The number of carbonyl (C=O) groups excluding carboxylic acids is 1. The number of hydrogen-bond acceptors (Lipinski definition) is 6. The third-order valence-electron chi connectivity index (χ3n) is 4.58. The van der Waals surface area contributed by atoms with Gasteiger partial charge in [-0.15, -0.1) is 21.5 Å². The van der Waals surface area contributed by atoms with E-state index >= 15 is 0 Å². The summed E-state index contributed by atoms with van der Waals surface area (Å²) >= 11 is 1.53. The summed E-state index contributed by atoms with van der Waals surface area (Å²) < 4.78 is 9.14. The minimum Gasteiger partial charge on any atom is -0.377 e. The first kappa shape index (κ1) is 16.2. The number of aromatic nitrogens is 5. The molecule has 0 fully saturated rings. The van der Waals surface area contributed by atoms with Gasteiger partial charge in [-0.05, 0) is 19.8 Å². The van der Waals surface area contributed by atoms with Gasteiger partial charge in [-0.1, -0.05) is 0 Å². The van der Waals surface area contributed by atoms with Crippen LogP contribution >= 0.6 is 11.3 Å². The second-order valence-electron chi connectivity index (χ2n) is 6.22. The molecule has 4 rings (SSSR count). The van der Waals surface area contributed by atoms with Gasteiger partial charge in [0, 0.05) is 37.7 Å². The summed E-state index contributed by atoms with van der Waals surface area (Å²) in [6, 6.07) is 0.105. The normalized spacial score (nSPS) is 17.4. The van der Waals surface area contributed by atoms with Crippen LogP contribution in [0.1, 0.15) is 40.7 Å². The predicted octanol–water partition coefficient (Wildman–Crippen LogP) is 1.58. The van der Waals surface area contributed by atoms with E-state index < -0.39 is 0 Å². The van der Waals surface area contributed by atoms with Crippen molar-refractivity contribution >= 4 is 22.2 Å². The molecule has 4 heterocycles. The molecule has 1 unspecified atom stereocenters. The number of fused-ring (bicyclic) bond motifs is 2. The van der Waals surface area contributed by atoms with E-state index in [4.69, 9.17) is 4.74 Å². The Bertz CT molecular complexity index is 911. The summed E-state index contributed by atoms with van der Waals surface area (Å²) in [4.78, 5) is 18.1. The Hall–Kier alpha value is -2.26. The van der Waals surface area contributed by atoms with Crippen molar-refractivity contribution in [2.24, 2.45) is 0 Å². The molecule has 0 aliphatic carbocycles. The Morgan fingerprint density at radius 3 is 3.16 bits per heavy atom. The van der Waals surface area contributed by atoms with Crippen LogP contribution in [-0.2, 0) is 24.3 Å². The monoisotopic (exact) mass is 360 g/mol. The standard InChI is InChI=1S/C16H20N6O2S/c1-10-14(22-7-8-25-16(22)17-10)15(23)18-11-3-4-12-19-20-13(9-24-2)21(12)6-5-11/h7-8,11H,3-6,9H2,1-2H3,(H,18,23). The molecule has 1 amide bonds. The van der Waals surface area contributed by atoms with Gasteiger partial charge < -0.3 is 14.6 Å². The van der Waals surface area contributed by atoms with Crippen molar-refractivity contribution in [2.75, 3.05) is 7.11 Å². The van der Waals surface area contributed by atoms with E-state index in [2.05, 4.69) is 25.1 Å². The fourth-order valence-electron chi connectivity index (χ4n) is 3.35. The molecule has 132 valence electrons. The van der Waals surface area contributed by atoms with E-state index in [9.17, 15) is 4.79 Å². The Morgan fingerprint density at radius 1 is 1.44 bits per heavy atom. The highest BCUT2D eigenvalue weighted by atomic mass is 32.1.